The number of aryl methyl sites for hydroxylation is 4. The fourth-order valence-corrected chi connectivity index (χ4v) is 4.99. The number of Topliss-reactive ketones (excluding diaryl/α,β-unsaturated/α-hetero) is 1. The molecule has 1 amide bonds. The second kappa shape index (κ2) is 8.91. The van der Waals surface area contributed by atoms with Crippen LogP contribution < -0.4 is 4.90 Å². The normalized spacial score (nSPS) is 15.9. The third kappa shape index (κ3) is 3.93. The van der Waals surface area contributed by atoms with Gasteiger partial charge in [0.1, 0.15) is 0 Å². The lowest BCUT2D eigenvalue weighted by atomic mass is 9.91. The molecule has 1 unspecified atom stereocenters. The molecule has 4 aromatic rings. The number of carbonyl (C=O) groups excluding carboxylic acids is 2. The largest absolute Gasteiger partial charge is 0.503 e. The first-order chi connectivity index (χ1) is 16.9. The molecule has 1 aromatic heterocycles. The van der Waals surface area contributed by atoms with Crippen molar-refractivity contribution < 1.29 is 14.7 Å². The van der Waals surface area contributed by atoms with Crippen LogP contribution in [0.4, 0.5) is 5.69 Å². The second-order valence-corrected chi connectivity index (χ2v) is 9.23. The summed E-state index contributed by atoms with van der Waals surface area (Å²) < 4.78 is 0. The maximum Gasteiger partial charge on any atom is 0.294 e. The molecule has 176 valence electrons. The number of aromatic amines is 1. The molecule has 0 radical (unpaired) electrons. The number of benzene rings is 3. The number of H-pyrrole nitrogens is 1. The van der Waals surface area contributed by atoms with Gasteiger partial charge < -0.3 is 10.1 Å². The van der Waals surface area contributed by atoms with Crippen LogP contribution in [0, 0.1) is 20.8 Å². The van der Waals surface area contributed by atoms with E-state index >= 15 is 0 Å². The predicted molar refractivity (Wildman–Crippen MR) is 139 cm³/mol. The summed E-state index contributed by atoms with van der Waals surface area (Å²) in [5, 5.41) is 12.0. The molecule has 5 heteroatoms. The molecule has 2 N–H and O–H groups in total. The number of anilines is 1. The Balaban J connectivity index is 1.64. The predicted octanol–water partition coefficient (Wildman–Crippen LogP) is 6.20. The fourth-order valence-electron chi connectivity index (χ4n) is 4.99. The molecule has 1 aliphatic heterocycles. The molecule has 35 heavy (non-hydrogen) atoms. The number of amides is 1. The van der Waals surface area contributed by atoms with Crippen LogP contribution in [0.3, 0.4) is 0 Å². The van der Waals surface area contributed by atoms with Gasteiger partial charge in [-0.2, -0.15) is 0 Å². The fraction of sp³-hybridized carbons (Fsp3) is 0.200. The topological polar surface area (TPSA) is 73.4 Å². The van der Waals surface area contributed by atoms with E-state index < -0.39 is 17.7 Å². The SMILES string of the molecule is Cc1ccc(N2C(=O)C(O)=C(C(=O)CCc3ccccc3)C2c2c(C)[nH]c3ccccc23)cc1C. The highest BCUT2D eigenvalue weighted by atomic mass is 16.3. The zero-order valence-corrected chi connectivity index (χ0v) is 20.1. The van der Waals surface area contributed by atoms with Crippen LogP contribution in [0.2, 0.25) is 0 Å². The molecule has 0 fully saturated rings. The van der Waals surface area contributed by atoms with E-state index in [4.69, 9.17) is 0 Å². The Morgan fingerprint density at radius 3 is 2.40 bits per heavy atom. The van der Waals surface area contributed by atoms with Gasteiger partial charge in [-0.1, -0.05) is 54.6 Å². The van der Waals surface area contributed by atoms with Crippen molar-refractivity contribution in [2.24, 2.45) is 0 Å². The van der Waals surface area contributed by atoms with Crippen molar-refractivity contribution in [1.29, 1.82) is 0 Å². The summed E-state index contributed by atoms with van der Waals surface area (Å²) in [6.45, 7) is 5.95. The van der Waals surface area contributed by atoms with Crippen molar-refractivity contribution in [3.63, 3.8) is 0 Å². The number of para-hydroxylation sites is 1. The van der Waals surface area contributed by atoms with Gasteiger partial charge in [-0.15, -0.1) is 0 Å². The van der Waals surface area contributed by atoms with Gasteiger partial charge in [0.15, 0.2) is 11.5 Å². The lowest BCUT2D eigenvalue weighted by Crippen LogP contribution is -2.31. The molecule has 0 aliphatic carbocycles. The average Bonchev–Trinajstić information content (AvgIpc) is 3.32. The van der Waals surface area contributed by atoms with E-state index in [1.165, 1.54) is 0 Å². The van der Waals surface area contributed by atoms with Gasteiger partial charge in [-0.05, 0) is 62.1 Å². The van der Waals surface area contributed by atoms with E-state index in [-0.39, 0.29) is 17.8 Å². The summed E-state index contributed by atoms with van der Waals surface area (Å²) in [6.07, 6.45) is 0.739. The molecule has 1 aliphatic rings. The monoisotopic (exact) mass is 464 g/mol. The third-order valence-corrected chi connectivity index (χ3v) is 6.98. The van der Waals surface area contributed by atoms with Crippen LogP contribution >= 0.6 is 0 Å². The van der Waals surface area contributed by atoms with Crippen LogP contribution in [-0.4, -0.2) is 21.8 Å². The van der Waals surface area contributed by atoms with Crippen LogP contribution in [0.15, 0.2) is 84.1 Å². The maximum absolute atomic E-state index is 13.6. The highest BCUT2D eigenvalue weighted by Crippen LogP contribution is 2.45. The Morgan fingerprint density at radius 2 is 1.66 bits per heavy atom. The number of ketones is 1. The minimum atomic E-state index is -0.718. The van der Waals surface area contributed by atoms with Crippen molar-refractivity contribution in [1.82, 2.24) is 4.98 Å². The van der Waals surface area contributed by atoms with E-state index in [1.807, 2.05) is 93.6 Å². The van der Waals surface area contributed by atoms with Crippen LogP contribution in [0.5, 0.6) is 0 Å². The number of nitrogens with one attached hydrogen (secondary N) is 1. The molecule has 0 saturated carbocycles. The zero-order valence-electron chi connectivity index (χ0n) is 20.1. The number of aliphatic hydroxyl groups is 1. The second-order valence-electron chi connectivity index (χ2n) is 9.23. The first-order valence-electron chi connectivity index (χ1n) is 11.8. The number of carbonyl (C=O) groups is 2. The van der Waals surface area contributed by atoms with Gasteiger partial charge in [0.05, 0.1) is 11.6 Å². The van der Waals surface area contributed by atoms with Crippen molar-refractivity contribution in [2.45, 2.75) is 39.7 Å². The van der Waals surface area contributed by atoms with Crippen molar-refractivity contribution in [3.05, 3.63) is 112 Å². The molecular formula is C30H28N2O3. The lowest BCUT2D eigenvalue weighted by molar-refractivity contribution is -0.118. The van der Waals surface area contributed by atoms with Gasteiger partial charge >= 0.3 is 0 Å². The molecule has 0 bridgehead atoms. The molecular weight excluding hydrogens is 436 g/mol. The molecule has 5 rings (SSSR count). The smallest absolute Gasteiger partial charge is 0.294 e. The summed E-state index contributed by atoms with van der Waals surface area (Å²) in [5.74, 6) is -1.23. The maximum atomic E-state index is 13.6. The molecule has 0 spiro atoms. The molecule has 0 saturated heterocycles. The summed E-state index contributed by atoms with van der Waals surface area (Å²) in [5.41, 5.74) is 6.62. The number of aliphatic hydroxyl groups excluding tert-OH is 1. The minimum Gasteiger partial charge on any atom is -0.503 e. The Hall–Kier alpha value is -4.12. The lowest BCUT2D eigenvalue weighted by Gasteiger charge is -2.28. The highest BCUT2D eigenvalue weighted by Gasteiger charge is 2.45. The number of nitrogens with zero attached hydrogens (tertiary/aromatic N) is 1. The van der Waals surface area contributed by atoms with E-state index in [1.54, 1.807) is 4.90 Å². The van der Waals surface area contributed by atoms with Gasteiger partial charge in [0.2, 0.25) is 0 Å². The van der Waals surface area contributed by atoms with E-state index in [0.29, 0.717) is 12.1 Å². The van der Waals surface area contributed by atoms with Gasteiger partial charge in [0, 0.05) is 34.3 Å². The average molecular weight is 465 g/mol. The molecule has 3 aromatic carbocycles. The summed E-state index contributed by atoms with van der Waals surface area (Å²) in [4.78, 5) is 32.1. The number of fused-ring (bicyclic) bond motifs is 1. The number of hydrogen-bond acceptors (Lipinski definition) is 3. The number of rotatable bonds is 6. The Kier molecular flexibility index (Phi) is 5.77. The Morgan fingerprint density at radius 1 is 0.943 bits per heavy atom. The van der Waals surface area contributed by atoms with Gasteiger partial charge in [-0.3, -0.25) is 14.5 Å². The number of hydrogen-bond donors (Lipinski definition) is 2. The van der Waals surface area contributed by atoms with E-state index in [9.17, 15) is 14.7 Å². The summed E-state index contributed by atoms with van der Waals surface area (Å²) >= 11 is 0. The van der Waals surface area contributed by atoms with Crippen molar-refractivity contribution in [2.75, 3.05) is 4.90 Å². The van der Waals surface area contributed by atoms with Crippen LogP contribution in [0.1, 0.15) is 40.4 Å². The number of aromatic nitrogens is 1. The molecule has 5 nitrogen and oxygen atoms in total. The summed E-state index contributed by atoms with van der Waals surface area (Å²) in [7, 11) is 0. The van der Waals surface area contributed by atoms with Crippen LogP contribution in [-0.2, 0) is 16.0 Å². The van der Waals surface area contributed by atoms with E-state index in [0.717, 1.165) is 38.9 Å². The Bertz CT molecular complexity index is 1480. The third-order valence-electron chi connectivity index (χ3n) is 6.98. The van der Waals surface area contributed by atoms with Crippen LogP contribution in [0.25, 0.3) is 10.9 Å². The minimum absolute atomic E-state index is 0.164. The van der Waals surface area contributed by atoms with Gasteiger partial charge in [0.25, 0.3) is 5.91 Å². The first kappa shape index (κ1) is 22.7. The summed E-state index contributed by atoms with van der Waals surface area (Å²) in [6, 6.07) is 22.7. The van der Waals surface area contributed by atoms with Gasteiger partial charge in [-0.25, -0.2) is 0 Å². The van der Waals surface area contributed by atoms with Crippen molar-refractivity contribution in [3.8, 4) is 0 Å². The standard InChI is InChI=1S/C30H28N2O3/c1-18-13-15-22(17-19(18)2)32-28(26-20(3)31-24-12-8-7-11-23(24)26)27(29(34)30(32)35)25(33)16-14-21-9-5-4-6-10-21/h4-13,15,17,28,31,34H,14,16H2,1-3H3. The first-order valence-corrected chi connectivity index (χ1v) is 11.8. The van der Waals surface area contributed by atoms with E-state index in [2.05, 4.69) is 4.98 Å². The molecule has 1 atom stereocenters. The zero-order chi connectivity index (χ0) is 24.7. The quantitative estimate of drug-likeness (QED) is 0.357. The van der Waals surface area contributed by atoms with Crippen molar-refractivity contribution >= 4 is 28.3 Å². The Labute approximate surface area is 204 Å². The highest BCUT2D eigenvalue weighted by molar-refractivity contribution is 6.17. The molecule has 2 heterocycles.